The van der Waals surface area contributed by atoms with Crippen LogP contribution in [0.2, 0.25) is 0 Å². The fourth-order valence-corrected chi connectivity index (χ4v) is 1.22. The van der Waals surface area contributed by atoms with Crippen molar-refractivity contribution < 1.29 is 17.9 Å². The molecule has 0 spiro atoms. The number of hydrogen-bond acceptors (Lipinski definition) is 2. The molecule has 0 bridgehead atoms. The molecule has 1 atom stereocenters. The zero-order valence-corrected chi connectivity index (χ0v) is 9.18. The van der Waals surface area contributed by atoms with Gasteiger partial charge in [0.1, 0.15) is 18.4 Å². The molecule has 0 aromatic heterocycles. The van der Waals surface area contributed by atoms with E-state index in [2.05, 4.69) is 15.9 Å². The Morgan fingerprint density at radius 3 is 2.60 bits per heavy atom. The van der Waals surface area contributed by atoms with E-state index in [0.717, 1.165) is 4.47 Å². The van der Waals surface area contributed by atoms with Crippen LogP contribution < -0.4 is 10.5 Å². The third-order valence-corrected chi connectivity index (χ3v) is 2.14. The average Bonchev–Trinajstić information content (AvgIpc) is 2.12. The van der Waals surface area contributed by atoms with Gasteiger partial charge in [0, 0.05) is 4.47 Å². The first-order valence-electron chi connectivity index (χ1n) is 4.10. The van der Waals surface area contributed by atoms with E-state index in [1.807, 2.05) is 0 Å². The van der Waals surface area contributed by atoms with Crippen LogP contribution in [0.25, 0.3) is 0 Å². The second kappa shape index (κ2) is 4.85. The van der Waals surface area contributed by atoms with Crippen molar-refractivity contribution in [1.82, 2.24) is 0 Å². The van der Waals surface area contributed by atoms with Gasteiger partial charge in [0.2, 0.25) is 0 Å². The largest absolute Gasteiger partial charge is 0.492 e. The van der Waals surface area contributed by atoms with Crippen LogP contribution in [0, 0.1) is 0 Å². The molecule has 84 valence electrons. The molecule has 6 heteroatoms. The molecule has 0 fully saturated rings. The molecule has 0 saturated carbocycles. The summed E-state index contributed by atoms with van der Waals surface area (Å²) in [6, 6.07) is 4.59. The van der Waals surface area contributed by atoms with Crippen molar-refractivity contribution in [2.75, 3.05) is 6.61 Å². The van der Waals surface area contributed by atoms with Gasteiger partial charge in [-0.25, -0.2) is 0 Å². The SMILES string of the molecule is NC(COc1cccc(Br)c1)C(F)(F)F. The van der Waals surface area contributed by atoms with Crippen LogP contribution in [0.3, 0.4) is 0 Å². The van der Waals surface area contributed by atoms with Crippen molar-refractivity contribution >= 4 is 15.9 Å². The zero-order chi connectivity index (χ0) is 11.5. The number of halogens is 4. The van der Waals surface area contributed by atoms with Crippen molar-refractivity contribution in [3.05, 3.63) is 28.7 Å². The Morgan fingerprint density at radius 1 is 1.40 bits per heavy atom. The summed E-state index contributed by atoms with van der Waals surface area (Å²) in [5.74, 6) is 0.351. The predicted molar refractivity (Wildman–Crippen MR) is 53.7 cm³/mol. The van der Waals surface area contributed by atoms with E-state index in [-0.39, 0.29) is 0 Å². The second-order valence-electron chi connectivity index (χ2n) is 2.92. The van der Waals surface area contributed by atoms with Gasteiger partial charge in [0.15, 0.2) is 0 Å². The quantitative estimate of drug-likeness (QED) is 0.926. The van der Waals surface area contributed by atoms with Crippen molar-refractivity contribution in [2.45, 2.75) is 12.2 Å². The molecule has 1 aromatic rings. The molecule has 2 nitrogen and oxygen atoms in total. The molecule has 0 aliphatic rings. The molecule has 0 radical (unpaired) electrons. The summed E-state index contributed by atoms with van der Waals surface area (Å²) in [6.45, 7) is -0.583. The number of rotatable bonds is 3. The van der Waals surface area contributed by atoms with Crippen LogP contribution in [0.1, 0.15) is 0 Å². The Morgan fingerprint density at radius 2 is 2.07 bits per heavy atom. The third kappa shape index (κ3) is 4.09. The summed E-state index contributed by atoms with van der Waals surface area (Å²) in [5, 5.41) is 0. The van der Waals surface area contributed by atoms with Gasteiger partial charge in [0.25, 0.3) is 0 Å². The lowest BCUT2D eigenvalue weighted by Crippen LogP contribution is -2.42. The lowest BCUT2D eigenvalue weighted by atomic mass is 10.3. The van der Waals surface area contributed by atoms with Crippen LogP contribution >= 0.6 is 15.9 Å². The third-order valence-electron chi connectivity index (χ3n) is 1.65. The first kappa shape index (κ1) is 12.3. The molecule has 0 aliphatic heterocycles. The minimum Gasteiger partial charge on any atom is -0.492 e. The Bertz CT molecular complexity index is 329. The van der Waals surface area contributed by atoms with Gasteiger partial charge in [-0.15, -0.1) is 0 Å². The van der Waals surface area contributed by atoms with Crippen molar-refractivity contribution in [2.24, 2.45) is 5.73 Å². The van der Waals surface area contributed by atoms with E-state index < -0.39 is 18.8 Å². The predicted octanol–water partition coefficient (Wildman–Crippen LogP) is 2.72. The maximum Gasteiger partial charge on any atom is 0.406 e. The summed E-state index contributed by atoms with van der Waals surface area (Å²) in [4.78, 5) is 0. The molecule has 15 heavy (non-hydrogen) atoms. The van der Waals surface area contributed by atoms with E-state index in [1.54, 1.807) is 24.3 Å². The molecule has 2 N–H and O–H groups in total. The van der Waals surface area contributed by atoms with Crippen molar-refractivity contribution in [1.29, 1.82) is 0 Å². The smallest absolute Gasteiger partial charge is 0.406 e. The normalized spacial score (nSPS) is 13.7. The van der Waals surface area contributed by atoms with Gasteiger partial charge < -0.3 is 10.5 Å². The molecule has 0 aliphatic carbocycles. The topological polar surface area (TPSA) is 35.2 Å². The summed E-state index contributed by atoms with van der Waals surface area (Å²) >= 11 is 3.18. The number of alkyl halides is 3. The highest BCUT2D eigenvalue weighted by molar-refractivity contribution is 9.10. The molecule has 0 amide bonds. The minimum absolute atomic E-state index is 0.351. The molecule has 1 aromatic carbocycles. The molecule has 0 heterocycles. The first-order chi connectivity index (χ1) is 6.89. The Hall–Kier alpha value is -0.750. The Labute approximate surface area is 93.3 Å². The fourth-order valence-electron chi connectivity index (χ4n) is 0.837. The van der Waals surface area contributed by atoms with E-state index in [4.69, 9.17) is 10.5 Å². The van der Waals surface area contributed by atoms with E-state index in [9.17, 15) is 13.2 Å². The van der Waals surface area contributed by atoms with E-state index in [1.165, 1.54) is 0 Å². The van der Waals surface area contributed by atoms with Gasteiger partial charge in [-0.05, 0) is 18.2 Å². The van der Waals surface area contributed by atoms with Crippen molar-refractivity contribution in [3.63, 3.8) is 0 Å². The molecular weight excluding hydrogens is 275 g/mol. The summed E-state index contributed by atoms with van der Waals surface area (Å²) in [7, 11) is 0. The van der Waals surface area contributed by atoms with Gasteiger partial charge in [-0.1, -0.05) is 22.0 Å². The Balaban J connectivity index is 2.51. The summed E-state index contributed by atoms with van der Waals surface area (Å²) < 4.78 is 41.7. The molecule has 1 rings (SSSR count). The standard InChI is InChI=1S/C9H9BrF3NO/c10-6-2-1-3-7(4-6)15-5-8(14)9(11,12)13/h1-4,8H,5,14H2. The highest BCUT2D eigenvalue weighted by Crippen LogP contribution is 2.21. The minimum atomic E-state index is -4.42. The number of ether oxygens (including phenoxy) is 1. The van der Waals surface area contributed by atoms with Crippen molar-refractivity contribution in [3.8, 4) is 5.75 Å². The number of hydrogen-bond donors (Lipinski definition) is 1. The van der Waals surface area contributed by atoms with Gasteiger partial charge in [-0.2, -0.15) is 13.2 Å². The monoisotopic (exact) mass is 283 g/mol. The van der Waals surface area contributed by atoms with Crippen LogP contribution in [0.5, 0.6) is 5.75 Å². The van der Waals surface area contributed by atoms with Gasteiger partial charge in [0.05, 0.1) is 0 Å². The first-order valence-corrected chi connectivity index (χ1v) is 4.89. The fraction of sp³-hybridized carbons (Fsp3) is 0.333. The zero-order valence-electron chi connectivity index (χ0n) is 7.59. The highest BCUT2D eigenvalue weighted by Gasteiger charge is 2.37. The lowest BCUT2D eigenvalue weighted by Gasteiger charge is -2.16. The van der Waals surface area contributed by atoms with Crippen LogP contribution in [0.4, 0.5) is 13.2 Å². The van der Waals surface area contributed by atoms with Gasteiger partial charge >= 0.3 is 6.18 Å². The maximum absolute atomic E-state index is 12.0. The lowest BCUT2D eigenvalue weighted by molar-refractivity contribution is -0.153. The maximum atomic E-state index is 12.0. The molecular formula is C9H9BrF3NO. The number of nitrogens with two attached hydrogens (primary N) is 1. The molecule has 1 unspecified atom stereocenters. The summed E-state index contributed by atoms with van der Waals surface area (Å²) in [6.07, 6.45) is -4.42. The van der Waals surface area contributed by atoms with Gasteiger partial charge in [-0.3, -0.25) is 0 Å². The Kier molecular flexibility index (Phi) is 3.98. The highest BCUT2D eigenvalue weighted by atomic mass is 79.9. The average molecular weight is 284 g/mol. The van der Waals surface area contributed by atoms with Crippen LogP contribution in [-0.2, 0) is 0 Å². The second-order valence-corrected chi connectivity index (χ2v) is 3.83. The summed E-state index contributed by atoms with van der Waals surface area (Å²) in [5.41, 5.74) is 4.87. The number of benzene rings is 1. The van der Waals surface area contributed by atoms with Crippen LogP contribution in [0.15, 0.2) is 28.7 Å². The van der Waals surface area contributed by atoms with E-state index in [0.29, 0.717) is 5.75 Å². The van der Waals surface area contributed by atoms with E-state index >= 15 is 0 Å². The van der Waals surface area contributed by atoms with Crippen LogP contribution in [-0.4, -0.2) is 18.8 Å². The molecule has 0 saturated heterocycles.